The van der Waals surface area contributed by atoms with Crippen molar-refractivity contribution in [3.05, 3.63) is 0 Å². The van der Waals surface area contributed by atoms with Crippen molar-refractivity contribution < 1.29 is 0 Å². The molecule has 66 valence electrons. The Balaban J connectivity index is 2.23. The highest BCUT2D eigenvalue weighted by Gasteiger charge is 2.16. The van der Waals surface area contributed by atoms with Gasteiger partial charge in [-0.05, 0) is 32.2 Å². The van der Waals surface area contributed by atoms with Crippen LogP contribution in [0.5, 0.6) is 0 Å². The predicted octanol–water partition coefficient (Wildman–Crippen LogP) is 1.07. The fraction of sp³-hybridized carbons (Fsp3) is 1.00. The van der Waals surface area contributed by atoms with Gasteiger partial charge in [0.25, 0.3) is 0 Å². The third kappa shape index (κ3) is 3.21. The Bertz CT molecular complexity index is 110. The first kappa shape index (κ1) is 9.01. The number of nitrogens with zero attached hydrogens (tertiary/aromatic N) is 1. The molecule has 1 aliphatic rings. The summed E-state index contributed by atoms with van der Waals surface area (Å²) in [6.07, 6.45) is 2.75. The van der Waals surface area contributed by atoms with E-state index in [-0.39, 0.29) is 0 Å². The number of hydrogen-bond donors (Lipinski definition) is 1. The van der Waals surface area contributed by atoms with Crippen molar-refractivity contribution >= 4 is 0 Å². The third-order valence-corrected chi connectivity index (χ3v) is 2.29. The third-order valence-electron chi connectivity index (χ3n) is 2.29. The van der Waals surface area contributed by atoms with Crippen LogP contribution in [0, 0.1) is 5.92 Å². The van der Waals surface area contributed by atoms with Crippen molar-refractivity contribution in [1.82, 2.24) is 4.90 Å². The highest BCUT2D eigenvalue weighted by Crippen LogP contribution is 2.14. The molecule has 0 spiro atoms. The molecule has 2 atom stereocenters. The molecule has 0 unspecified atom stereocenters. The second-order valence-electron chi connectivity index (χ2n) is 3.98. The van der Waals surface area contributed by atoms with Crippen LogP contribution in [-0.2, 0) is 0 Å². The molecule has 0 saturated carbocycles. The zero-order valence-electron chi connectivity index (χ0n) is 7.71. The molecule has 2 N–H and O–H groups in total. The van der Waals surface area contributed by atoms with E-state index in [1.807, 2.05) is 0 Å². The topological polar surface area (TPSA) is 29.3 Å². The van der Waals surface area contributed by atoms with Gasteiger partial charge in [-0.3, -0.25) is 0 Å². The quantitative estimate of drug-likeness (QED) is 0.648. The molecule has 0 aromatic carbocycles. The van der Waals surface area contributed by atoms with E-state index in [1.54, 1.807) is 0 Å². The second kappa shape index (κ2) is 4.07. The minimum Gasteiger partial charge on any atom is -0.327 e. The lowest BCUT2D eigenvalue weighted by molar-refractivity contribution is 0.177. The van der Waals surface area contributed by atoms with Crippen molar-refractivity contribution in [2.75, 3.05) is 19.6 Å². The SMILES string of the molecule is C[C@H]1CCCN(C[C@H](C)N)C1. The Kier molecular flexibility index (Phi) is 3.34. The van der Waals surface area contributed by atoms with E-state index in [2.05, 4.69) is 18.7 Å². The molecule has 1 rings (SSSR count). The number of piperidine rings is 1. The van der Waals surface area contributed by atoms with E-state index in [0.29, 0.717) is 6.04 Å². The Morgan fingerprint density at radius 2 is 2.36 bits per heavy atom. The maximum atomic E-state index is 5.73. The summed E-state index contributed by atoms with van der Waals surface area (Å²) in [6.45, 7) is 7.99. The van der Waals surface area contributed by atoms with Gasteiger partial charge in [-0.1, -0.05) is 6.92 Å². The molecule has 0 bridgehead atoms. The van der Waals surface area contributed by atoms with Crippen molar-refractivity contribution in [2.45, 2.75) is 32.7 Å². The molecule has 1 fully saturated rings. The lowest BCUT2D eigenvalue weighted by Gasteiger charge is -2.31. The van der Waals surface area contributed by atoms with E-state index in [0.717, 1.165) is 12.5 Å². The van der Waals surface area contributed by atoms with Gasteiger partial charge in [0.05, 0.1) is 0 Å². The summed E-state index contributed by atoms with van der Waals surface area (Å²) >= 11 is 0. The van der Waals surface area contributed by atoms with E-state index in [1.165, 1.54) is 25.9 Å². The van der Waals surface area contributed by atoms with Gasteiger partial charge < -0.3 is 10.6 Å². The fourth-order valence-electron chi connectivity index (χ4n) is 1.86. The minimum atomic E-state index is 0.334. The first-order valence-corrected chi connectivity index (χ1v) is 4.66. The summed E-state index contributed by atoms with van der Waals surface area (Å²) in [5, 5.41) is 0. The standard InChI is InChI=1S/C9H20N2/c1-8-4-3-5-11(6-8)7-9(2)10/h8-9H,3-7,10H2,1-2H3/t8-,9-/m0/s1. The molecule has 2 nitrogen and oxygen atoms in total. The van der Waals surface area contributed by atoms with Crippen LogP contribution in [-0.4, -0.2) is 30.6 Å². The van der Waals surface area contributed by atoms with E-state index >= 15 is 0 Å². The minimum absolute atomic E-state index is 0.334. The van der Waals surface area contributed by atoms with Gasteiger partial charge in [-0.2, -0.15) is 0 Å². The molecule has 1 saturated heterocycles. The molecule has 2 heteroatoms. The van der Waals surface area contributed by atoms with Crippen molar-refractivity contribution in [3.63, 3.8) is 0 Å². The Labute approximate surface area is 69.8 Å². The maximum Gasteiger partial charge on any atom is 0.0139 e. The summed E-state index contributed by atoms with van der Waals surface area (Å²) in [5.41, 5.74) is 5.73. The summed E-state index contributed by atoms with van der Waals surface area (Å²) in [6, 6.07) is 0.334. The number of hydrogen-bond acceptors (Lipinski definition) is 2. The van der Waals surface area contributed by atoms with Crippen LogP contribution >= 0.6 is 0 Å². The summed E-state index contributed by atoms with van der Waals surface area (Å²) in [5.74, 6) is 0.877. The van der Waals surface area contributed by atoms with Gasteiger partial charge in [0, 0.05) is 19.1 Å². The molecule has 0 aromatic rings. The van der Waals surface area contributed by atoms with Gasteiger partial charge in [0.1, 0.15) is 0 Å². The predicted molar refractivity (Wildman–Crippen MR) is 48.5 cm³/mol. The number of rotatable bonds is 2. The number of likely N-dealkylation sites (tertiary alicyclic amines) is 1. The lowest BCUT2D eigenvalue weighted by atomic mass is 10.00. The van der Waals surface area contributed by atoms with Gasteiger partial charge in [-0.25, -0.2) is 0 Å². The highest BCUT2D eigenvalue weighted by atomic mass is 15.1. The second-order valence-corrected chi connectivity index (χ2v) is 3.98. The van der Waals surface area contributed by atoms with Crippen LogP contribution in [0.3, 0.4) is 0 Å². The Morgan fingerprint density at radius 1 is 1.64 bits per heavy atom. The summed E-state index contributed by atoms with van der Waals surface area (Å²) in [7, 11) is 0. The van der Waals surface area contributed by atoms with E-state index in [4.69, 9.17) is 5.73 Å². The Morgan fingerprint density at radius 3 is 2.91 bits per heavy atom. The lowest BCUT2D eigenvalue weighted by Crippen LogP contribution is -2.41. The first-order valence-electron chi connectivity index (χ1n) is 4.66. The van der Waals surface area contributed by atoms with E-state index < -0.39 is 0 Å². The Hall–Kier alpha value is -0.0800. The van der Waals surface area contributed by atoms with Gasteiger partial charge in [-0.15, -0.1) is 0 Å². The molecule has 0 aliphatic carbocycles. The van der Waals surface area contributed by atoms with Crippen molar-refractivity contribution in [3.8, 4) is 0 Å². The van der Waals surface area contributed by atoms with Crippen LogP contribution in [0.25, 0.3) is 0 Å². The zero-order valence-corrected chi connectivity index (χ0v) is 7.71. The molecule has 0 amide bonds. The summed E-state index contributed by atoms with van der Waals surface area (Å²) in [4.78, 5) is 2.48. The average molecular weight is 156 g/mol. The summed E-state index contributed by atoms with van der Waals surface area (Å²) < 4.78 is 0. The van der Waals surface area contributed by atoms with Crippen LogP contribution in [0.1, 0.15) is 26.7 Å². The maximum absolute atomic E-state index is 5.73. The first-order chi connectivity index (χ1) is 5.18. The fourth-order valence-corrected chi connectivity index (χ4v) is 1.86. The van der Waals surface area contributed by atoms with Crippen LogP contribution in [0.4, 0.5) is 0 Å². The largest absolute Gasteiger partial charge is 0.327 e. The molecule has 0 radical (unpaired) electrons. The van der Waals surface area contributed by atoms with Crippen LogP contribution < -0.4 is 5.73 Å². The average Bonchev–Trinajstić information content (AvgIpc) is 1.85. The van der Waals surface area contributed by atoms with Crippen molar-refractivity contribution in [2.24, 2.45) is 11.7 Å². The number of nitrogens with two attached hydrogens (primary N) is 1. The smallest absolute Gasteiger partial charge is 0.0139 e. The monoisotopic (exact) mass is 156 g/mol. The zero-order chi connectivity index (χ0) is 8.27. The molecule has 1 aliphatic heterocycles. The molecular formula is C9H20N2. The molecule has 11 heavy (non-hydrogen) atoms. The molecule has 1 heterocycles. The molecular weight excluding hydrogens is 136 g/mol. The van der Waals surface area contributed by atoms with Crippen LogP contribution in [0.15, 0.2) is 0 Å². The normalized spacial score (nSPS) is 30.3. The van der Waals surface area contributed by atoms with Crippen LogP contribution in [0.2, 0.25) is 0 Å². The van der Waals surface area contributed by atoms with Gasteiger partial charge in [0.15, 0.2) is 0 Å². The van der Waals surface area contributed by atoms with Gasteiger partial charge in [0.2, 0.25) is 0 Å². The van der Waals surface area contributed by atoms with E-state index in [9.17, 15) is 0 Å². The van der Waals surface area contributed by atoms with Gasteiger partial charge >= 0.3 is 0 Å². The van der Waals surface area contributed by atoms with Crippen molar-refractivity contribution in [1.29, 1.82) is 0 Å². The highest BCUT2D eigenvalue weighted by molar-refractivity contribution is 4.72. The molecule has 0 aromatic heterocycles.